The summed E-state index contributed by atoms with van der Waals surface area (Å²) in [6.45, 7) is 2.64. The molecule has 1 rings (SSSR count). The minimum absolute atomic E-state index is 0.0333. The maximum absolute atomic E-state index is 12.7. The third-order valence-corrected chi connectivity index (χ3v) is 4.29. The van der Waals surface area contributed by atoms with Crippen LogP contribution >= 0.6 is 0 Å². The lowest BCUT2D eigenvalue weighted by atomic mass is 10.1. The van der Waals surface area contributed by atoms with Gasteiger partial charge < -0.3 is 9.84 Å². The highest BCUT2D eigenvalue weighted by atomic mass is 32.2. The third kappa shape index (κ3) is 4.00. The van der Waals surface area contributed by atoms with Crippen molar-refractivity contribution < 1.29 is 27.4 Å². The fraction of sp³-hybridized carbons (Fsp3) is 0.417. The zero-order valence-electron chi connectivity index (χ0n) is 10.6. The number of hydrogen-bond donors (Lipinski definition) is 1. The Morgan fingerprint density at radius 3 is 2.37 bits per heavy atom. The number of sulfone groups is 1. The largest absolute Gasteiger partial charge is 0.464 e. The summed E-state index contributed by atoms with van der Waals surface area (Å²) in [5.74, 6) is -2.42. The van der Waals surface area contributed by atoms with Crippen LogP contribution in [0.1, 0.15) is 13.8 Å². The Morgan fingerprint density at radius 2 is 1.89 bits per heavy atom. The summed E-state index contributed by atoms with van der Waals surface area (Å²) in [5.41, 5.74) is -2.15. The van der Waals surface area contributed by atoms with Gasteiger partial charge in [0.2, 0.25) is 0 Å². The Kier molecular flexibility index (Phi) is 4.65. The molecule has 0 aromatic heterocycles. The zero-order chi connectivity index (χ0) is 14.7. The molecule has 0 heterocycles. The minimum Gasteiger partial charge on any atom is -0.464 e. The van der Waals surface area contributed by atoms with Crippen LogP contribution in [0.4, 0.5) is 4.39 Å². The summed E-state index contributed by atoms with van der Waals surface area (Å²) >= 11 is 0. The second kappa shape index (κ2) is 5.66. The average Bonchev–Trinajstić information content (AvgIpc) is 2.28. The normalized spacial score (nSPS) is 14.7. The Labute approximate surface area is 110 Å². The van der Waals surface area contributed by atoms with Crippen LogP contribution in [-0.4, -0.2) is 37.5 Å². The molecule has 0 amide bonds. The first-order valence-corrected chi connectivity index (χ1v) is 7.22. The maximum atomic E-state index is 12.7. The minimum atomic E-state index is -3.92. The van der Waals surface area contributed by atoms with E-state index in [1.54, 1.807) is 6.92 Å². The molecule has 0 aliphatic heterocycles. The van der Waals surface area contributed by atoms with Crippen molar-refractivity contribution in [2.24, 2.45) is 0 Å². The van der Waals surface area contributed by atoms with Gasteiger partial charge in [-0.15, -0.1) is 0 Å². The van der Waals surface area contributed by atoms with Gasteiger partial charge in [-0.3, -0.25) is 0 Å². The fourth-order valence-electron chi connectivity index (χ4n) is 1.44. The predicted octanol–water partition coefficient (Wildman–Crippen LogP) is 0.914. The zero-order valence-corrected chi connectivity index (χ0v) is 11.4. The smallest absolute Gasteiger partial charge is 0.338 e. The molecule has 0 spiro atoms. The number of esters is 1. The van der Waals surface area contributed by atoms with E-state index in [9.17, 15) is 22.7 Å². The highest BCUT2D eigenvalue weighted by Crippen LogP contribution is 2.18. The molecular formula is C12H15FO5S. The van der Waals surface area contributed by atoms with E-state index in [1.807, 2.05) is 0 Å². The predicted molar refractivity (Wildman–Crippen MR) is 65.7 cm³/mol. The molecule has 0 saturated carbocycles. The number of hydrogen-bond acceptors (Lipinski definition) is 5. The lowest BCUT2D eigenvalue weighted by molar-refractivity contribution is -0.160. The molecule has 1 aromatic rings. The van der Waals surface area contributed by atoms with E-state index in [1.165, 1.54) is 0 Å². The van der Waals surface area contributed by atoms with Crippen molar-refractivity contribution in [1.29, 1.82) is 0 Å². The summed E-state index contributed by atoms with van der Waals surface area (Å²) < 4.78 is 41.3. The van der Waals surface area contributed by atoms with Gasteiger partial charge in [-0.25, -0.2) is 17.6 Å². The van der Waals surface area contributed by atoms with E-state index in [2.05, 4.69) is 4.74 Å². The molecular weight excluding hydrogens is 275 g/mol. The summed E-state index contributed by atoms with van der Waals surface area (Å²) in [6, 6.07) is 4.13. The summed E-state index contributed by atoms with van der Waals surface area (Å²) in [7, 11) is -3.92. The molecule has 0 radical (unpaired) electrons. The van der Waals surface area contributed by atoms with E-state index < -0.39 is 33.0 Å². The van der Waals surface area contributed by atoms with Crippen molar-refractivity contribution in [2.45, 2.75) is 24.3 Å². The van der Waals surface area contributed by atoms with Crippen LogP contribution in [0.25, 0.3) is 0 Å². The molecule has 0 fully saturated rings. The molecule has 7 heteroatoms. The molecule has 0 aliphatic rings. The highest BCUT2D eigenvalue weighted by molar-refractivity contribution is 7.91. The number of aliphatic hydroxyl groups is 1. The van der Waals surface area contributed by atoms with Crippen LogP contribution < -0.4 is 0 Å². The van der Waals surface area contributed by atoms with Crippen LogP contribution in [0.3, 0.4) is 0 Å². The lowest BCUT2D eigenvalue weighted by Gasteiger charge is -2.20. The second-order valence-corrected chi connectivity index (χ2v) is 6.20. The Balaban J connectivity index is 2.96. The number of carbonyl (C=O) groups excluding carboxylic acids is 1. The van der Waals surface area contributed by atoms with Crippen molar-refractivity contribution in [3.63, 3.8) is 0 Å². The van der Waals surface area contributed by atoms with Gasteiger partial charge in [0.1, 0.15) is 5.82 Å². The maximum Gasteiger partial charge on any atom is 0.338 e. The molecule has 1 aromatic carbocycles. The van der Waals surface area contributed by atoms with Gasteiger partial charge >= 0.3 is 5.97 Å². The van der Waals surface area contributed by atoms with Crippen LogP contribution in [0.15, 0.2) is 29.2 Å². The van der Waals surface area contributed by atoms with E-state index >= 15 is 0 Å². The standard InChI is InChI=1S/C12H15FO5S/c1-3-18-11(14)12(2,15)8-19(16,17)10-6-4-9(13)5-7-10/h4-7,15H,3,8H2,1-2H3. The molecule has 1 unspecified atom stereocenters. The summed E-state index contributed by atoms with van der Waals surface area (Å²) in [5, 5.41) is 9.84. The molecule has 0 bridgehead atoms. The van der Waals surface area contributed by atoms with Crippen molar-refractivity contribution in [3.8, 4) is 0 Å². The number of benzene rings is 1. The van der Waals surface area contributed by atoms with Gasteiger partial charge in [-0.05, 0) is 38.1 Å². The quantitative estimate of drug-likeness (QED) is 0.644. The van der Waals surface area contributed by atoms with Gasteiger partial charge in [0.25, 0.3) is 0 Å². The van der Waals surface area contributed by atoms with Crippen molar-refractivity contribution in [3.05, 3.63) is 30.1 Å². The monoisotopic (exact) mass is 290 g/mol. The number of halogens is 1. The highest BCUT2D eigenvalue weighted by Gasteiger charge is 2.37. The lowest BCUT2D eigenvalue weighted by Crippen LogP contribution is -2.43. The van der Waals surface area contributed by atoms with E-state index in [-0.39, 0.29) is 11.5 Å². The Hall–Kier alpha value is -1.47. The van der Waals surface area contributed by atoms with Gasteiger partial charge in [-0.1, -0.05) is 0 Å². The van der Waals surface area contributed by atoms with E-state index in [4.69, 9.17) is 0 Å². The second-order valence-electron chi connectivity index (χ2n) is 4.21. The van der Waals surface area contributed by atoms with Crippen molar-refractivity contribution >= 4 is 15.8 Å². The van der Waals surface area contributed by atoms with Gasteiger partial charge in [0.05, 0.1) is 17.3 Å². The average molecular weight is 290 g/mol. The topological polar surface area (TPSA) is 80.7 Å². The molecule has 1 atom stereocenters. The van der Waals surface area contributed by atoms with Gasteiger partial charge in [-0.2, -0.15) is 0 Å². The summed E-state index contributed by atoms with van der Waals surface area (Å²) in [4.78, 5) is 11.3. The molecule has 1 N–H and O–H groups in total. The number of carbonyl (C=O) groups is 1. The number of ether oxygens (including phenoxy) is 1. The molecule has 106 valence electrons. The molecule has 19 heavy (non-hydrogen) atoms. The first-order valence-electron chi connectivity index (χ1n) is 5.57. The third-order valence-electron chi connectivity index (χ3n) is 2.36. The molecule has 0 saturated heterocycles. The number of rotatable bonds is 5. The summed E-state index contributed by atoms with van der Waals surface area (Å²) in [6.07, 6.45) is 0. The Morgan fingerprint density at radius 1 is 1.37 bits per heavy atom. The van der Waals surface area contributed by atoms with Crippen molar-refractivity contribution in [2.75, 3.05) is 12.4 Å². The van der Waals surface area contributed by atoms with E-state index in [0.717, 1.165) is 31.2 Å². The van der Waals surface area contributed by atoms with Crippen LogP contribution in [-0.2, 0) is 19.4 Å². The van der Waals surface area contributed by atoms with Crippen LogP contribution in [0.2, 0.25) is 0 Å². The first kappa shape index (κ1) is 15.6. The molecule has 0 aliphatic carbocycles. The van der Waals surface area contributed by atoms with Gasteiger partial charge in [0.15, 0.2) is 15.4 Å². The SMILES string of the molecule is CCOC(=O)C(C)(O)CS(=O)(=O)c1ccc(F)cc1. The first-order chi connectivity index (χ1) is 8.69. The van der Waals surface area contributed by atoms with Gasteiger partial charge in [0, 0.05) is 0 Å². The van der Waals surface area contributed by atoms with Crippen molar-refractivity contribution in [1.82, 2.24) is 0 Å². The van der Waals surface area contributed by atoms with E-state index in [0.29, 0.717) is 0 Å². The Bertz CT molecular complexity index is 548. The molecule has 5 nitrogen and oxygen atoms in total. The van der Waals surface area contributed by atoms with Crippen LogP contribution in [0.5, 0.6) is 0 Å². The fourth-order valence-corrected chi connectivity index (χ4v) is 3.02. The van der Waals surface area contributed by atoms with Crippen LogP contribution in [0, 0.1) is 5.82 Å².